The number of rotatable bonds is 8. The number of nitriles is 1. The van der Waals surface area contributed by atoms with Gasteiger partial charge in [-0.05, 0) is 57.4 Å². The van der Waals surface area contributed by atoms with Gasteiger partial charge in [-0.15, -0.1) is 11.3 Å². The number of hydrogen-bond acceptors (Lipinski definition) is 7. The Labute approximate surface area is 190 Å². The highest BCUT2D eigenvalue weighted by atomic mass is 32.2. The Morgan fingerprint density at radius 1 is 1.45 bits per heavy atom. The van der Waals surface area contributed by atoms with E-state index in [1.54, 1.807) is 11.5 Å². The van der Waals surface area contributed by atoms with Gasteiger partial charge in [-0.1, -0.05) is 18.7 Å². The number of hydrogen-bond donors (Lipinski definition) is 1. The molecule has 3 heterocycles. The first kappa shape index (κ1) is 22.3. The lowest BCUT2D eigenvalue weighted by Gasteiger charge is -2.23. The topological polar surface area (TPSA) is 97.0 Å². The van der Waals surface area contributed by atoms with Gasteiger partial charge in [0, 0.05) is 11.5 Å². The van der Waals surface area contributed by atoms with E-state index in [1.807, 2.05) is 6.92 Å². The maximum atomic E-state index is 13.5. The number of carbonyl (C=O) groups is 1. The molecular weight excluding hydrogens is 432 g/mol. The molecule has 0 spiro atoms. The number of amides is 1. The van der Waals surface area contributed by atoms with E-state index in [1.165, 1.54) is 23.1 Å². The lowest BCUT2D eigenvalue weighted by Crippen LogP contribution is -2.47. The van der Waals surface area contributed by atoms with Crippen molar-refractivity contribution in [3.63, 3.8) is 0 Å². The zero-order valence-electron chi connectivity index (χ0n) is 18.2. The SMILES string of the molecule is CCc1c(C)sc2nc(SCC(=O)N[C@](C)(C#N)C3CC3)n(C[C@H]3CCCO3)c(=O)c12. The van der Waals surface area contributed by atoms with Gasteiger partial charge in [0.1, 0.15) is 10.4 Å². The molecular formula is C22H28N4O3S2. The highest BCUT2D eigenvalue weighted by Gasteiger charge is 2.43. The Kier molecular flexibility index (Phi) is 6.42. The fourth-order valence-corrected chi connectivity index (χ4v) is 6.22. The highest BCUT2D eigenvalue weighted by Crippen LogP contribution is 2.39. The van der Waals surface area contributed by atoms with Crippen molar-refractivity contribution in [3.8, 4) is 6.07 Å². The monoisotopic (exact) mass is 460 g/mol. The largest absolute Gasteiger partial charge is 0.376 e. The molecule has 4 rings (SSSR count). The Morgan fingerprint density at radius 3 is 2.84 bits per heavy atom. The van der Waals surface area contributed by atoms with Crippen LogP contribution in [0.2, 0.25) is 0 Å². The van der Waals surface area contributed by atoms with Crippen molar-refractivity contribution in [2.24, 2.45) is 5.92 Å². The number of thiophene rings is 1. The number of aromatic nitrogens is 2. The molecule has 0 bridgehead atoms. The summed E-state index contributed by atoms with van der Waals surface area (Å²) in [5.41, 5.74) is 0.180. The van der Waals surface area contributed by atoms with Crippen molar-refractivity contribution in [2.45, 2.75) is 76.2 Å². The van der Waals surface area contributed by atoms with Crippen molar-refractivity contribution < 1.29 is 9.53 Å². The molecule has 1 aliphatic carbocycles. The van der Waals surface area contributed by atoms with Crippen molar-refractivity contribution in [1.82, 2.24) is 14.9 Å². The molecule has 0 radical (unpaired) electrons. The first-order chi connectivity index (χ1) is 14.9. The molecule has 2 atom stereocenters. The quantitative estimate of drug-likeness (QED) is 0.479. The molecule has 1 saturated carbocycles. The van der Waals surface area contributed by atoms with Crippen LogP contribution in [0.25, 0.3) is 10.2 Å². The van der Waals surface area contributed by atoms with Gasteiger partial charge in [0.2, 0.25) is 5.91 Å². The van der Waals surface area contributed by atoms with Crippen LogP contribution in [0.1, 0.15) is 50.0 Å². The van der Waals surface area contributed by atoms with E-state index >= 15 is 0 Å². The summed E-state index contributed by atoms with van der Waals surface area (Å²) in [6.45, 7) is 7.02. The van der Waals surface area contributed by atoms with Gasteiger partial charge >= 0.3 is 0 Å². The fourth-order valence-electron chi connectivity index (χ4n) is 4.26. The summed E-state index contributed by atoms with van der Waals surface area (Å²) >= 11 is 2.79. The average Bonchev–Trinajstić information content (AvgIpc) is 3.39. The smallest absolute Gasteiger partial charge is 0.263 e. The van der Waals surface area contributed by atoms with E-state index < -0.39 is 5.54 Å². The van der Waals surface area contributed by atoms with Crippen LogP contribution in [0.5, 0.6) is 0 Å². The highest BCUT2D eigenvalue weighted by molar-refractivity contribution is 7.99. The molecule has 1 saturated heterocycles. The van der Waals surface area contributed by atoms with Crippen molar-refractivity contribution in [2.75, 3.05) is 12.4 Å². The van der Waals surface area contributed by atoms with Crippen LogP contribution in [0.4, 0.5) is 0 Å². The third kappa shape index (κ3) is 4.52. The number of nitrogens with zero attached hydrogens (tertiary/aromatic N) is 3. The summed E-state index contributed by atoms with van der Waals surface area (Å²) in [6.07, 6.45) is 4.62. The minimum atomic E-state index is -0.826. The van der Waals surface area contributed by atoms with Gasteiger partial charge < -0.3 is 10.1 Å². The summed E-state index contributed by atoms with van der Waals surface area (Å²) in [5.74, 6) is 0.120. The second-order valence-corrected chi connectivity index (χ2v) is 10.7. The summed E-state index contributed by atoms with van der Waals surface area (Å²) in [4.78, 5) is 32.7. The zero-order chi connectivity index (χ0) is 22.2. The van der Waals surface area contributed by atoms with Crippen molar-refractivity contribution in [3.05, 3.63) is 20.8 Å². The summed E-state index contributed by atoms with van der Waals surface area (Å²) < 4.78 is 7.46. The molecule has 1 amide bonds. The maximum Gasteiger partial charge on any atom is 0.263 e. The first-order valence-electron chi connectivity index (χ1n) is 10.9. The van der Waals surface area contributed by atoms with Gasteiger partial charge in [-0.25, -0.2) is 4.98 Å². The molecule has 166 valence electrons. The van der Waals surface area contributed by atoms with Crippen LogP contribution >= 0.6 is 23.1 Å². The van der Waals surface area contributed by atoms with Gasteiger partial charge in [0.15, 0.2) is 5.16 Å². The predicted octanol–water partition coefficient (Wildman–Crippen LogP) is 3.41. The molecule has 0 unspecified atom stereocenters. The molecule has 2 aromatic heterocycles. The number of thioether (sulfide) groups is 1. The number of nitrogens with one attached hydrogen (secondary N) is 1. The standard InChI is InChI=1S/C22H28N4O3S2/c1-4-16-13(2)31-19-18(16)20(28)26(10-15-6-5-9-29-15)21(24-19)30-11-17(27)25-22(3,12-23)14-7-8-14/h14-15H,4-11H2,1-3H3,(H,25,27)/t15-,22-/m1/s1. The van der Waals surface area contributed by atoms with Crippen LogP contribution in [0.3, 0.4) is 0 Å². The van der Waals surface area contributed by atoms with Gasteiger partial charge in [-0.3, -0.25) is 14.2 Å². The lowest BCUT2D eigenvalue weighted by atomic mass is 9.98. The number of carbonyl (C=O) groups excluding carboxylic acids is 1. The van der Waals surface area contributed by atoms with Crippen molar-refractivity contribution >= 4 is 39.2 Å². The van der Waals surface area contributed by atoms with E-state index in [2.05, 4.69) is 18.3 Å². The molecule has 2 aliphatic rings. The average molecular weight is 461 g/mol. The number of aryl methyl sites for hydroxylation is 2. The Morgan fingerprint density at radius 2 is 2.23 bits per heavy atom. The predicted molar refractivity (Wildman–Crippen MR) is 123 cm³/mol. The molecule has 9 heteroatoms. The molecule has 0 aromatic carbocycles. The third-order valence-electron chi connectivity index (χ3n) is 6.20. The fraction of sp³-hybridized carbons (Fsp3) is 0.636. The molecule has 2 fully saturated rings. The van der Waals surface area contributed by atoms with Crippen LogP contribution in [0, 0.1) is 24.2 Å². The van der Waals surface area contributed by atoms with E-state index in [0.717, 1.165) is 47.4 Å². The Balaban J connectivity index is 1.61. The van der Waals surface area contributed by atoms with Gasteiger partial charge in [0.05, 0.1) is 29.9 Å². The second kappa shape index (κ2) is 8.93. The van der Waals surface area contributed by atoms with Crippen LogP contribution in [-0.2, 0) is 22.5 Å². The van der Waals surface area contributed by atoms with E-state index in [0.29, 0.717) is 23.7 Å². The maximum absolute atomic E-state index is 13.5. The molecule has 1 N–H and O–H groups in total. The van der Waals surface area contributed by atoms with E-state index in [4.69, 9.17) is 9.72 Å². The van der Waals surface area contributed by atoms with Crippen molar-refractivity contribution in [1.29, 1.82) is 5.26 Å². The second-order valence-electron chi connectivity index (χ2n) is 8.54. The third-order valence-corrected chi connectivity index (χ3v) is 8.22. The Bertz CT molecular complexity index is 1090. The summed E-state index contributed by atoms with van der Waals surface area (Å²) in [7, 11) is 0. The van der Waals surface area contributed by atoms with Crippen LogP contribution < -0.4 is 10.9 Å². The molecule has 2 aromatic rings. The summed E-state index contributed by atoms with van der Waals surface area (Å²) in [6, 6.07) is 2.25. The normalized spacial score (nSPS) is 20.5. The number of fused-ring (bicyclic) bond motifs is 1. The van der Waals surface area contributed by atoms with E-state index in [-0.39, 0.29) is 29.2 Å². The van der Waals surface area contributed by atoms with Gasteiger partial charge in [-0.2, -0.15) is 5.26 Å². The molecule has 1 aliphatic heterocycles. The van der Waals surface area contributed by atoms with Crippen LogP contribution in [-0.4, -0.2) is 39.5 Å². The minimum Gasteiger partial charge on any atom is -0.376 e. The molecule has 7 nitrogen and oxygen atoms in total. The first-order valence-corrected chi connectivity index (χ1v) is 12.7. The lowest BCUT2D eigenvalue weighted by molar-refractivity contribution is -0.119. The van der Waals surface area contributed by atoms with Crippen LogP contribution in [0.15, 0.2) is 9.95 Å². The van der Waals surface area contributed by atoms with E-state index in [9.17, 15) is 14.9 Å². The Hall–Kier alpha value is -1.89. The minimum absolute atomic E-state index is 0.00770. The van der Waals surface area contributed by atoms with Gasteiger partial charge in [0.25, 0.3) is 5.56 Å². The zero-order valence-corrected chi connectivity index (χ0v) is 19.8. The summed E-state index contributed by atoms with van der Waals surface area (Å²) in [5, 5.41) is 13.6. The molecule has 31 heavy (non-hydrogen) atoms. The number of ether oxygens (including phenoxy) is 1.